The summed E-state index contributed by atoms with van der Waals surface area (Å²) >= 11 is 0. The first-order chi connectivity index (χ1) is 17.6. The van der Waals surface area contributed by atoms with Crippen molar-refractivity contribution in [2.24, 2.45) is 0 Å². The molecule has 0 radical (unpaired) electrons. The molecule has 4 aromatic rings. The van der Waals surface area contributed by atoms with Crippen LogP contribution in [0.25, 0.3) is 22.3 Å². The van der Waals surface area contributed by atoms with Crippen molar-refractivity contribution in [1.29, 1.82) is 0 Å². The van der Waals surface area contributed by atoms with Crippen LogP contribution in [0.4, 0.5) is 5.82 Å². The maximum absolute atomic E-state index is 12.6. The Morgan fingerprint density at radius 2 is 2.03 bits per heavy atom. The van der Waals surface area contributed by atoms with E-state index in [1.807, 2.05) is 41.1 Å². The van der Waals surface area contributed by atoms with E-state index >= 15 is 0 Å². The number of nitrogen functional groups attached to an aromatic ring is 1. The molecule has 1 fully saturated rings. The Labute approximate surface area is 208 Å². The summed E-state index contributed by atoms with van der Waals surface area (Å²) < 4.78 is 7.66. The van der Waals surface area contributed by atoms with Crippen molar-refractivity contribution in [3.63, 3.8) is 0 Å². The number of aliphatic hydroxyl groups is 1. The predicted octanol–water partition coefficient (Wildman–Crippen LogP) is 3.36. The standard InChI is InChI=1S/C26H27N7O3/c27-25-23-24(18-11-12-21(28-15-18)36-20-8-2-1-3-9-20)31-33(26(23)30-17-29-25)19-7-6-13-32(16-19)22(35)10-4-5-14-34/h1-4,8-12,15,17,19,34H,5-7,13-14,16H2,(H2,27,29,30)/t19-/m1/s1. The third kappa shape index (κ3) is 4.89. The average molecular weight is 486 g/mol. The smallest absolute Gasteiger partial charge is 0.246 e. The van der Waals surface area contributed by atoms with Gasteiger partial charge in [-0.2, -0.15) is 5.10 Å². The molecule has 0 unspecified atom stereocenters. The highest BCUT2D eigenvalue weighted by Crippen LogP contribution is 2.34. The van der Waals surface area contributed by atoms with Gasteiger partial charge in [0.15, 0.2) is 5.65 Å². The molecule has 1 aliphatic heterocycles. The molecule has 1 saturated heterocycles. The van der Waals surface area contributed by atoms with Gasteiger partial charge in [0.05, 0.1) is 11.4 Å². The number of piperidine rings is 1. The maximum atomic E-state index is 12.6. The first-order valence-electron chi connectivity index (χ1n) is 11.9. The molecule has 5 rings (SSSR count). The first kappa shape index (κ1) is 23.4. The fraction of sp³-hybridized carbons (Fsp3) is 0.269. The molecule has 10 nitrogen and oxygen atoms in total. The second kappa shape index (κ2) is 10.5. The molecule has 10 heteroatoms. The van der Waals surface area contributed by atoms with Crippen molar-refractivity contribution in [3.05, 3.63) is 67.1 Å². The minimum atomic E-state index is -0.0721. The van der Waals surface area contributed by atoms with Crippen molar-refractivity contribution in [2.45, 2.75) is 25.3 Å². The summed E-state index contributed by atoms with van der Waals surface area (Å²) in [5, 5.41) is 14.5. The van der Waals surface area contributed by atoms with Crippen LogP contribution in [-0.4, -0.2) is 60.3 Å². The fourth-order valence-corrected chi connectivity index (χ4v) is 4.36. The van der Waals surface area contributed by atoms with E-state index in [0.717, 1.165) is 18.4 Å². The highest BCUT2D eigenvalue weighted by atomic mass is 16.5. The van der Waals surface area contributed by atoms with Crippen molar-refractivity contribution in [1.82, 2.24) is 29.6 Å². The number of benzene rings is 1. The van der Waals surface area contributed by atoms with Gasteiger partial charge in [0.2, 0.25) is 11.8 Å². The summed E-state index contributed by atoms with van der Waals surface area (Å²) in [5.41, 5.74) is 8.28. The van der Waals surface area contributed by atoms with Crippen LogP contribution in [0, 0.1) is 0 Å². The largest absolute Gasteiger partial charge is 0.439 e. The van der Waals surface area contributed by atoms with E-state index in [0.29, 0.717) is 53.7 Å². The number of carbonyl (C=O) groups excluding carboxylic acids is 1. The summed E-state index contributed by atoms with van der Waals surface area (Å²) in [7, 11) is 0. The molecule has 3 N–H and O–H groups in total. The molecule has 0 aliphatic carbocycles. The van der Waals surface area contributed by atoms with Gasteiger partial charge < -0.3 is 20.5 Å². The van der Waals surface area contributed by atoms with Crippen LogP contribution in [0.5, 0.6) is 11.6 Å². The zero-order valence-electron chi connectivity index (χ0n) is 19.7. The summed E-state index contributed by atoms with van der Waals surface area (Å²) in [4.78, 5) is 27.5. The highest BCUT2D eigenvalue weighted by Gasteiger charge is 2.28. The Balaban J connectivity index is 1.44. The Morgan fingerprint density at radius 1 is 1.17 bits per heavy atom. The van der Waals surface area contributed by atoms with Gasteiger partial charge in [0.1, 0.15) is 23.6 Å². The van der Waals surface area contributed by atoms with Crippen molar-refractivity contribution in [2.75, 3.05) is 25.4 Å². The summed E-state index contributed by atoms with van der Waals surface area (Å²) in [5.74, 6) is 1.43. The Bertz CT molecular complexity index is 1370. The number of para-hydroxylation sites is 1. The van der Waals surface area contributed by atoms with E-state index in [1.54, 1.807) is 23.2 Å². The Morgan fingerprint density at radius 3 is 2.81 bits per heavy atom. The number of pyridine rings is 1. The summed E-state index contributed by atoms with van der Waals surface area (Å²) in [6.07, 6.45) is 8.49. The molecule has 1 amide bonds. The number of nitrogens with zero attached hydrogens (tertiary/aromatic N) is 6. The van der Waals surface area contributed by atoms with Crippen molar-refractivity contribution < 1.29 is 14.6 Å². The molecule has 184 valence electrons. The van der Waals surface area contributed by atoms with Gasteiger partial charge in [0, 0.05) is 37.5 Å². The lowest BCUT2D eigenvalue weighted by Crippen LogP contribution is -2.40. The van der Waals surface area contributed by atoms with Crippen LogP contribution >= 0.6 is 0 Å². The van der Waals surface area contributed by atoms with Crippen LogP contribution in [0.15, 0.2) is 67.1 Å². The van der Waals surface area contributed by atoms with Crippen molar-refractivity contribution in [3.8, 4) is 22.9 Å². The number of hydrogen-bond donors (Lipinski definition) is 2. The molecule has 1 aliphatic rings. The maximum Gasteiger partial charge on any atom is 0.246 e. The van der Waals surface area contributed by atoms with Gasteiger partial charge in [0.25, 0.3) is 0 Å². The number of anilines is 1. The topological polar surface area (TPSA) is 132 Å². The Kier molecular flexibility index (Phi) is 6.85. The minimum absolute atomic E-state index is 0.0177. The van der Waals surface area contributed by atoms with Gasteiger partial charge in [-0.1, -0.05) is 24.3 Å². The van der Waals surface area contributed by atoms with E-state index in [2.05, 4.69) is 15.0 Å². The monoisotopic (exact) mass is 485 g/mol. The molecule has 0 saturated carbocycles. The second-order valence-corrected chi connectivity index (χ2v) is 8.55. The zero-order valence-corrected chi connectivity index (χ0v) is 19.7. The van der Waals surface area contributed by atoms with E-state index in [9.17, 15) is 4.79 Å². The minimum Gasteiger partial charge on any atom is -0.439 e. The fourth-order valence-electron chi connectivity index (χ4n) is 4.36. The number of aliphatic hydroxyl groups excluding tert-OH is 1. The second-order valence-electron chi connectivity index (χ2n) is 8.55. The van der Waals surface area contributed by atoms with Gasteiger partial charge in [-0.3, -0.25) is 4.79 Å². The van der Waals surface area contributed by atoms with E-state index in [1.165, 1.54) is 12.4 Å². The Hall–Kier alpha value is -4.31. The quantitative estimate of drug-likeness (QED) is 0.381. The number of carbonyl (C=O) groups is 1. The number of hydrogen-bond acceptors (Lipinski definition) is 8. The molecule has 3 aromatic heterocycles. The number of amides is 1. The third-order valence-corrected chi connectivity index (χ3v) is 6.10. The lowest BCUT2D eigenvalue weighted by Gasteiger charge is -2.32. The average Bonchev–Trinajstić information content (AvgIpc) is 3.31. The van der Waals surface area contributed by atoms with Crippen LogP contribution in [0.3, 0.4) is 0 Å². The lowest BCUT2D eigenvalue weighted by atomic mass is 10.1. The number of likely N-dealkylation sites (tertiary alicyclic amines) is 1. The number of fused-ring (bicyclic) bond motifs is 1. The van der Waals surface area contributed by atoms with Crippen molar-refractivity contribution >= 4 is 22.8 Å². The van der Waals surface area contributed by atoms with Crippen LogP contribution in [-0.2, 0) is 4.79 Å². The molecule has 0 spiro atoms. The summed E-state index contributed by atoms with van der Waals surface area (Å²) in [6, 6.07) is 13.1. The van der Waals surface area contributed by atoms with Gasteiger partial charge in [-0.25, -0.2) is 19.6 Å². The third-order valence-electron chi connectivity index (χ3n) is 6.10. The van der Waals surface area contributed by atoms with Crippen LogP contribution < -0.4 is 10.5 Å². The molecular weight excluding hydrogens is 458 g/mol. The van der Waals surface area contributed by atoms with E-state index < -0.39 is 0 Å². The molecular formula is C26H27N7O3. The number of nitrogens with two attached hydrogens (primary N) is 1. The highest BCUT2D eigenvalue weighted by molar-refractivity contribution is 5.98. The van der Waals surface area contributed by atoms with Gasteiger partial charge in [-0.05, 0) is 43.5 Å². The predicted molar refractivity (Wildman–Crippen MR) is 135 cm³/mol. The molecule has 1 atom stereocenters. The normalized spacial score (nSPS) is 16.0. The number of aromatic nitrogens is 5. The lowest BCUT2D eigenvalue weighted by molar-refractivity contribution is -0.127. The van der Waals surface area contributed by atoms with Gasteiger partial charge >= 0.3 is 0 Å². The van der Waals surface area contributed by atoms with E-state index in [-0.39, 0.29) is 18.6 Å². The molecule has 0 bridgehead atoms. The van der Waals surface area contributed by atoms with E-state index in [4.69, 9.17) is 20.7 Å². The number of ether oxygens (including phenoxy) is 1. The van der Waals surface area contributed by atoms with Crippen LogP contribution in [0.2, 0.25) is 0 Å². The number of rotatable bonds is 7. The SMILES string of the molecule is Nc1ncnc2c1c(-c1ccc(Oc3ccccc3)nc1)nn2[C@@H]1CCCN(C(=O)C=CCCO)C1. The van der Waals surface area contributed by atoms with Crippen LogP contribution in [0.1, 0.15) is 25.3 Å². The summed E-state index contributed by atoms with van der Waals surface area (Å²) in [6.45, 7) is 1.20. The van der Waals surface area contributed by atoms with Gasteiger partial charge in [-0.15, -0.1) is 0 Å². The molecule has 36 heavy (non-hydrogen) atoms. The molecule has 1 aromatic carbocycles. The zero-order chi connectivity index (χ0) is 24.9. The first-order valence-corrected chi connectivity index (χ1v) is 11.9. The molecule has 4 heterocycles.